The Balaban J connectivity index is 1.76. The van der Waals surface area contributed by atoms with Crippen LogP contribution in [0.15, 0.2) is 72.8 Å². The number of rotatable bonds is 5. The molecular formula is C24H24N2O2. The second-order valence-electron chi connectivity index (χ2n) is 6.66. The van der Waals surface area contributed by atoms with Crippen LogP contribution in [-0.4, -0.2) is 18.4 Å². The van der Waals surface area contributed by atoms with Crippen molar-refractivity contribution in [1.29, 1.82) is 0 Å². The maximum atomic E-state index is 12.9. The Morgan fingerprint density at radius 1 is 0.821 bits per heavy atom. The lowest BCUT2D eigenvalue weighted by Gasteiger charge is -2.21. The van der Waals surface area contributed by atoms with E-state index in [2.05, 4.69) is 5.32 Å². The molecular weight excluding hydrogens is 348 g/mol. The van der Waals surface area contributed by atoms with Gasteiger partial charge in [0.25, 0.3) is 11.8 Å². The van der Waals surface area contributed by atoms with Gasteiger partial charge in [-0.05, 0) is 74.4 Å². The fraction of sp³-hybridized carbons (Fsp3) is 0.167. The molecule has 28 heavy (non-hydrogen) atoms. The summed E-state index contributed by atoms with van der Waals surface area (Å²) in [4.78, 5) is 27.1. The number of nitrogens with one attached hydrogen (secondary N) is 1. The first-order chi connectivity index (χ1) is 13.5. The zero-order chi connectivity index (χ0) is 20.1. The maximum absolute atomic E-state index is 12.9. The van der Waals surface area contributed by atoms with Gasteiger partial charge in [-0.3, -0.25) is 9.59 Å². The number of nitrogens with zero attached hydrogens (tertiary/aromatic N) is 1. The predicted molar refractivity (Wildman–Crippen MR) is 114 cm³/mol. The average Bonchev–Trinajstić information content (AvgIpc) is 2.73. The lowest BCUT2D eigenvalue weighted by molar-refractivity contribution is 0.0985. The van der Waals surface area contributed by atoms with Crippen LogP contribution in [0.2, 0.25) is 0 Å². The van der Waals surface area contributed by atoms with Crippen LogP contribution in [0.3, 0.4) is 0 Å². The second-order valence-corrected chi connectivity index (χ2v) is 6.66. The molecule has 0 bridgehead atoms. The van der Waals surface area contributed by atoms with Crippen LogP contribution in [-0.2, 0) is 0 Å². The highest BCUT2D eigenvalue weighted by molar-refractivity contribution is 6.08. The summed E-state index contributed by atoms with van der Waals surface area (Å²) < 4.78 is 0. The van der Waals surface area contributed by atoms with Gasteiger partial charge in [-0.2, -0.15) is 0 Å². The zero-order valence-corrected chi connectivity index (χ0v) is 16.4. The Bertz CT molecular complexity index is 979. The van der Waals surface area contributed by atoms with Crippen molar-refractivity contribution >= 4 is 23.2 Å². The first-order valence-corrected chi connectivity index (χ1v) is 9.35. The van der Waals surface area contributed by atoms with E-state index < -0.39 is 0 Å². The van der Waals surface area contributed by atoms with Crippen molar-refractivity contribution in [2.75, 3.05) is 16.8 Å². The highest BCUT2D eigenvalue weighted by atomic mass is 16.2. The maximum Gasteiger partial charge on any atom is 0.258 e. The van der Waals surface area contributed by atoms with E-state index in [1.165, 1.54) is 0 Å². The molecule has 3 rings (SSSR count). The Morgan fingerprint density at radius 2 is 1.46 bits per heavy atom. The van der Waals surface area contributed by atoms with Gasteiger partial charge in [0.2, 0.25) is 0 Å². The highest BCUT2D eigenvalue weighted by Gasteiger charge is 2.16. The van der Waals surface area contributed by atoms with Gasteiger partial charge < -0.3 is 10.2 Å². The summed E-state index contributed by atoms with van der Waals surface area (Å²) in [6.45, 7) is 6.50. The summed E-state index contributed by atoms with van der Waals surface area (Å²) >= 11 is 0. The second kappa shape index (κ2) is 8.53. The summed E-state index contributed by atoms with van der Waals surface area (Å²) in [6.07, 6.45) is 0. The number of para-hydroxylation sites is 1. The Morgan fingerprint density at radius 3 is 2.11 bits per heavy atom. The topological polar surface area (TPSA) is 49.4 Å². The smallest absolute Gasteiger partial charge is 0.258 e. The van der Waals surface area contributed by atoms with E-state index in [0.717, 1.165) is 22.5 Å². The average molecular weight is 372 g/mol. The number of anilines is 2. The number of carbonyl (C=O) groups excluding carboxylic acids is 2. The molecule has 0 spiro atoms. The van der Waals surface area contributed by atoms with Gasteiger partial charge in [0.05, 0.1) is 0 Å². The largest absolute Gasteiger partial charge is 0.322 e. The molecule has 3 aromatic rings. The number of hydrogen-bond acceptors (Lipinski definition) is 2. The summed E-state index contributed by atoms with van der Waals surface area (Å²) in [5, 5.41) is 2.94. The van der Waals surface area contributed by atoms with E-state index in [9.17, 15) is 9.59 Å². The van der Waals surface area contributed by atoms with Crippen molar-refractivity contribution in [3.05, 3.63) is 95.1 Å². The monoisotopic (exact) mass is 372 g/mol. The molecule has 2 amide bonds. The number of aryl methyl sites for hydroxylation is 1. The minimum absolute atomic E-state index is 0.0878. The zero-order valence-electron chi connectivity index (χ0n) is 16.4. The van der Waals surface area contributed by atoms with Crippen molar-refractivity contribution in [3.8, 4) is 0 Å². The van der Waals surface area contributed by atoms with Crippen LogP contribution in [0.1, 0.15) is 38.8 Å². The first kappa shape index (κ1) is 19.4. The molecule has 4 heteroatoms. The molecule has 0 aliphatic carbocycles. The molecule has 0 aromatic heterocycles. The highest BCUT2D eigenvalue weighted by Crippen LogP contribution is 2.20. The molecule has 0 atom stereocenters. The van der Waals surface area contributed by atoms with Crippen LogP contribution in [0, 0.1) is 13.8 Å². The molecule has 4 nitrogen and oxygen atoms in total. The number of amides is 2. The Kier molecular flexibility index (Phi) is 5.90. The summed E-state index contributed by atoms with van der Waals surface area (Å²) in [6, 6.07) is 22.2. The third-order valence-electron chi connectivity index (χ3n) is 4.88. The molecule has 0 aliphatic heterocycles. The van der Waals surface area contributed by atoms with E-state index >= 15 is 0 Å². The minimum Gasteiger partial charge on any atom is -0.322 e. The third-order valence-corrected chi connectivity index (χ3v) is 4.88. The van der Waals surface area contributed by atoms with Gasteiger partial charge in [-0.1, -0.05) is 30.3 Å². The van der Waals surface area contributed by atoms with Crippen molar-refractivity contribution in [3.63, 3.8) is 0 Å². The van der Waals surface area contributed by atoms with E-state index in [-0.39, 0.29) is 11.8 Å². The fourth-order valence-electron chi connectivity index (χ4n) is 3.05. The van der Waals surface area contributed by atoms with E-state index in [4.69, 9.17) is 0 Å². The fourth-order valence-corrected chi connectivity index (χ4v) is 3.05. The van der Waals surface area contributed by atoms with Gasteiger partial charge >= 0.3 is 0 Å². The SMILES string of the molecule is CCN(C(=O)c1ccc(C(=O)Nc2cccc(C)c2C)cc1)c1ccccc1. The van der Waals surface area contributed by atoms with Gasteiger partial charge in [0.1, 0.15) is 0 Å². The molecule has 0 aliphatic rings. The molecule has 0 saturated heterocycles. The molecule has 0 saturated carbocycles. The number of benzene rings is 3. The summed E-state index contributed by atoms with van der Waals surface area (Å²) in [5.41, 5.74) is 4.88. The van der Waals surface area contributed by atoms with Crippen molar-refractivity contribution in [2.24, 2.45) is 0 Å². The third kappa shape index (κ3) is 4.12. The van der Waals surface area contributed by atoms with Crippen LogP contribution in [0.25, 0.3) is 0 Å². The summed E-state index contributed by atoms with van der Waals surface area (Å²) in [5.74, 6) is -0.279. The normalized spacial score (nSPS) is 10.4. The van der Waals surface area contributed by atoms with Crippen molar-refractivity contribution in [2.45, 2.75) is 20.8 Å². The van der Waals surface area contributed by atoms with E-state index in [0.29, 0.717) is 17.7 Å². The molecule has 0 radical (unpaired) electrons. The van der Waals surface area contributed by atoms with Crippen molar-refractivity contribution < 1.29 is 9.59 Å². The molecule has 142 valence electrons. The Labute approximate surface area is 165 Å². The first-order valence-electron chi connectivity index (χ1n) is 9.35. The molecule has 3 aromatic carbocycles. The quantitative estimate of drug-likeness (QED) is 0.667. The number of carbonyl (C=O) groups is 2. The van der Waals surface area contributed by atoms with Gasteiger partial charge in [-0.25, -0.2) is 0 Å². The van der Waals surface area contributed by atoms with Crippen LogP contribution in [0.5, 0.6) is 0 Å². The van der Waals surface area contributed by atoms with E-state index in [1.54, 1.807) is 29.2 Å². The number of hydrogen-bond donors (Lipinski definition) is 1. The van der Waals surface area contributed by atoms with Crippen LogP contribution >= 0.6 is 0 Å². The lowest BCUT2D eigenvalue weighted by Crippen LogP contribution is -2.30. The standard InChI is InChI=1S/C24H24N2O2/c1-4-26(21-10-6-5-7-11-21)24(28)20-15-13-19(14-16-20)23(27)25-22-12-8-9-17(2)18(22)3/h5-16H,4H2,1-3H3,(H,25,27). The van der Waals surface area contributed by atoms with Gasteiger partial charge in [0.15, 0.2) is 0 Å². The Hall–Kier alpha value is -3.40. The molecule has 0 heterocycles. The van der Waals surface area contributed by atoms with Gasteiger partial charge in [0, 0.05) is 29.0 Å². The van der Waals surface area contributed by atoms with Crippen LogP contribution in [0.4, 0.5) is 11.4 Å². The van der Waals surface area contributed by atoms with Crippen LogP contribution < -0.4 is 10.2 Å². The minimum atomic E-state index is -0.192. The summed E-state index contributed by atoms with van der Waals surface area (Å²) in [7, 11) is 0. The van der Waals surface area contributed by atoms with Crippen molar-refractivity contribution in [1.82, 2.24) is 0 Å². The lowest BCUT2D eigenvalue weighted by atomic mass is 10.1. The molecule has 0 fully saturated rings. The van der Waals surface area contributed by atoms with E-state index in [1.807, 2.05) is 69.3 Å². The predicted octanol–water partition coefficient (Wildman–Crippen LogP) is 5.22. The van der Waals surface area contributed by atoms with Gasteiger partial charge in [-0.15, -0.1) is 0 Å². The molecule has 0 unspecified atom stereocenters. The molecule has 1 N–H and O–H groups in total.